The summed E-state index contributed by atoms with van der Waals surface area (Å²) in [6.45, 7) is 3.33. The van der Waals surface area contributed by atoms with Crippen LogP contribution in [-0.2, 0) is 9.59 Å². The predicted molar refractivity (Wildman–Crippen MR) is 51.8 cm³/mol. The second kappa shape index (κ2) is 3.54. The summed E-state index contributed by atoms with van der Waals surface area (Å²) in [5.74, 6) is -4.20. The maximum absolute atomic E-state index is 10.9. The number of hydrazine groups is 1. The van der Waals surface area contributed by atoms with Crippen molar-refractivity contribution in [2.24, 2.45) is 5.92 Å². The van der Waals surface area contributed by atoms with Gasteiger partial charge < -0.3 is 15.2 Å². The lowest BCUT2D eigenvalue weighted by molar-refractivity contribution is -0.157. The molecule has 0 radical (unpaired) electrons. The van der Waals surface area contributed by atoms with Crippen molar-refractivity contribution >= 4 is 11.9 Å². The highest BCUT2D eigenvalue weighted by Gasteiger charge is 2.46. The zero-order chi connectivity index (χ0) is 11.8. The first-order chi connectivity index (χ1) is 6.78. The molecule has 1 aliphatic heterocycles. The molecule has 0 saturated carbocycles. The highest BCUT2D eigenvalue weighted by Crippen LogP contribution is 2.27. The van der Waals surface area contributed by atoms with Gasteiger partial charge in [-0.05, 0) is 19.9 Å². The summed E-state index contributed by atoms with van der Waals surface area (Å²) in [5.41, 5.74) is 2.53. The Morgan fingerprint density at radius 3 is 2.20 bits per heavy atom. The third kappa shape index (κ3) is 1.94. The van der Waals surface area contributed by atoms with Crippen molar-refractivity contribution < 1.29 is 19.8 Å². The molecule has 84 valence electrons. The largest absolute Gasteiger partial charge is 0.481 e. The second-order valence-electron chi connectivity index (χ2n) is 3.85. The molecule has 0 aromatic carbocycles. The highest BCUT2D eigenvalue weighted by atomic mass is 16.4. The highest BCUT2D eigenvalue weighted by molar-refractivity contribution is 5.95. The molecule has 0 aromatic rings. The van der Waals surface area contributed by atoms with Gasteiger partial charge in [0.1, 0.15) is 0 Å². The van der Waals surface area contributed by atoms with Crippen LogP contribution in [0, 0.1) is 5.92 Å². The number of aliphatic carboxylic acids is 2. The van der Waals surface area contributed by atoms with Crippen LogP contribution < -0.4 is 5.43 Å². The number of nitrogens with zero attached hydrogens (tertiary/aromatic N) is 1. The number of carboxylic acids is 2. The zero-order valence-electron chi connectivity index (χ0n) is 8.81. The molecule has 0 spiro atoms. The Hall–Kier alpha value is -1.56. The molecule has 1 aliphatic rings. The van der Waals surface area contributed by atoms with Crippen LogP contribution in [0.5, 0.6) is 0 Å². The maximum atomic E-state index is 10.9. The van der Waals surface area contributed by atoms with E-state index in [2.05, 4.69) is 5.43 Å². The second-order valence-corrected chi connectivity index (χ2v) is 3.85. The van der Waals surface area contributed by atoms with E-state index in [9.17, 15) is 9.59 Å². The number of hydrogen-bond donors (Lipinski definition) is 3. The first-order valence-corrected chi connectivity index (χ1v) is 4.44. The van der Waals surface area contributed by atoms with E-state index in [0.29, 0.717) is 0 Å². The van der Waals surface area contributed by atoms with E-state index in [0.717, 1.165) is 5.70 Å². The first-order valence-electron chi connectivity index (χ1n) is 4.44. The van der Waals surface area contributed by atoms with E-state index in [1.54, 1.807) is 32.0 Å². The fourth-order valence-electron chi connectivity index (χ4n) is 1.78. The minimum Gasteiger partial charge on any atom is -0.481 e. The van der Waals surface area contributed by atoms with Crippen LogP contribution in [0.15, 0.2) is 11.8 Å². The number of rotatable bonds is 3. The van der Waals surface area contributed by atoms with Crippen LogP contribution in [-0.4, -0.2) is 39.7 Å². The molecule has 1 rings (SSSR count). The maximum Gasteiger partial charge on any atom is 0.320 e. The van der Waals surface area contributed by atoms with E-state index >= 15 is 0 Å². The number of nitrogens with one attached hydrogen (secondary N) is 1. The lowest BCUT2D eigenvalue weighted by atomic mass is 9.86. The molecule has 0 aromatic heterocycles. The van der Waals surface area contributed by atoms with E-state index in [1.807, 2.05) is 0 Å². The fraction of sp³-hybridized carbons (Fsp3) is 0.556. The Balaban J connectivity index is 3.05. The Labute approximate surface area is 87.2 Å². The van der Waals surface area contributed by atoms with Crippen molar-refractivity contribution in [2.75, 3.05) is 7.05 Å². The van der Waals surface area contributed by atoms with Crippen molar-refractivity contribution in [3.8, 4) is 0 Å². The summed E-state index contributed by atoms with van der Waals surface area (Å²) < 4.78 is 0. The van der Waals surface area contributed by atoms with E-state index < -0.39 is 23.4 Å². The first kappa shape index (κ1) is 11.5. The van der Waals surface area contributed by atoms with Gasteiger partial charge in [0.2, 0.25) is 0 Å². The summed E-state index contributed by atoms with van der Waals surface area (Å²) in [5, 5.41) is 19.4. The van der Waals surface area contributed by atoms with E-state index in [1.165, 1.54) is 0 Å². The molecule has 15 heavy (non-hydrogen) atoms. The quantitative estimate of drug-likeness (QED) is 0.568. The number of carbonyl (C=O) groups is 2. The third-order valence-electron chi connectivity index (χ3n) is 2.54. The Morgan fingerprint density at radius 2 is 1.93 bits per heavy atom. The molecular weight excluding hydrogens is 200 g/mol. The van der Waals surface area contributed by atoms with Crippen molar-refractivity contribution in [3.63, 3.8) is 0 Å². The average Bonchev–Trinajstić information content (AvgIpc) is 2.23. The molecule has 1 heterocycles. The Kier molecular flexibility index (Phi) is 2.72. The smallest absolute Gasteiger partial charge is 0.320 e. The Bertz CT molecular complexity index is 325. The molecule has 3 N–H and O–H groups in total. The van der Waals surface area contributed by atoms with Gasteiger partial charge in [-0.15, -0.1) is 0 Å². The summed E-state index contributed by atoms with van der Waals surface area (Å²) in [7, 11) is 1.71. The van der Waals surface area contributed by atoms with Crippen LogP contribution in [0.3, 0.4) is 0 Å². The van der Waals surface area contributed by atoms with Crippen molar-refractivity contribution in [1.82, 2.24) is 10.4 Å². The molecule has 0 aliphatic carbocycles. The van der Waals surface area contributed by atoms with Crippen LogP contribution in [0.2, 0.25) is 0 Å². The molecule has 6 nitrogen and oxygen atoms in total. The van der Waals surface area contributed by atoms with E-state index in [4.69, 9.17) is 10.2 Å². The minimum absolute atomic E-state index is 0.796. The molecule has 1 atom stereocenters. The van der Waals surface area contributed by atoms with Gasteiger partial charge in [-0.25, -0.2) is 5.43 Å². The van der Waals surface area contributed by atoms with Crippen LogP contribution >= 0.6 is 0 Å². The monoisotopic (exact) mass is 214 g/mol. The number of hydrogen-bond acceptors (Lipinski definition) is 4. The number of allylic oxidation sites excluding steroid dienone is 1. The molecule has 6 heteroatoms. The van der Waals surface area contributed by atoms with Crippen molar-refractivity contribution in [1.29, 1.82) is 0 Å². The van der Waals surface area contributed by atoms with E-state index in [-0.39, 0.29) is 0 Å². The summed E-state index contributed by atoms with van der Waals surface area (Å²) in [4.78, 5) is 21.8. The van der Waals surface area contributed by atoms with Gasteiger partial charge in [0, 0.05) is 12.7 Å². The molecule has 0 fully saturated rings. The molecular formula is C9H14N2O4. The Morgan fingerprint density at radius 1 is 1.47 bits per heavy atom. The lowest BCUT2D eigenvalue weighted by Crippen LogP contribution is -2.54. The summed E-state index contributed by atoms with van der Waals surface area (Å²) in [6.07, 6.45) is 1.61. The number of carboxylic acid groups (broad SMARTS) is 2. The van der Waals surface area contributed by atoms with Crippen LogP contribution in [0.4, 0.5) is 0 Å². The van der Waals surface area contributed by atoms with Gasteiger partial charge in [-0.1, -0.05) is 0 Å². The topological polar surface area (TPSA) is 89.9 Å². The standard InChI is InChI=1S/C9H14N2O4/c1-5-4-9(2,10-11(5)3)6(7(12)13)8(14)15/h4,6,10H,1-3H3,(H,12,13)(H,14,15). The minimum atomic E-state index is -1.50. The summed E-state index contributed by atoms with van der Waals surface area (Å²) in [6, 6.07) is 0. The zero-order valence-corrected chi connectivity index (χ0v) is 8.81. The fourth-order valence-corrected chi connectivity index (χ4v) is 1.78. The predicted octanol–water partition coefficient (Wildman–Crippen LogP) is -0.116. The van der Waals surface area contributed by atoms with Gasteiger partial charge in [-0.2, -0.15) is 0 Å². The van der Waals surface area contributed by atoms with Gasteiger partial charge in [-0.3, -0.25) is 9.59 Å². The normalized spacial score (nSPS) is 25.6. The van der Waals surface area contributed by atoms with Gasteiger partial charge >= 0.3 is 11.9 Å². The van der Waals surface area contributed by atoms with Gasteiger partial charge in [0.25, 0.3) is 0 Å². The van der Waals surface area contributed by atoms with Gasteiger partial charge in [0.05, 0.1) is 5.54 Å². The summed E-state index contributed by atoms with van der Waals surface area (Å²) >= 11 is 0. The molecule has 1 unspecified atom stereocenters. The van der Waals surface area contributed by atoms with Gasteiger partial charge in [0.15, 0.2) is 5.92 Å². The average molecular weight is 214 g/mol. The molecule has 0 saturated heterocycles. The lowest BCUT2D eigenvalue weighted by Gasteiger charge is -2.29. The molecule has 0 amide bonds. The van der Waals surface area contributed by atoms with Crippen LogP contribution in [0.25, 0.3) is 0 Å². The van der Waals surface area contributed by atoms with Crippen molar-refractivity contribution in [2.45, 2.75) is 19.4 Å². The SMILES string of the molecule is CC1=CC(C)(C(C(=O)O)C(=O)O)NN1C. The van der Waals surface area contributed by atoms with Crippen molar-refractivity contribution in [3.05, 3.63) is 11.8 Å². The molecule has 0 bridgehead atoms. The van der Waals surface area contributed by atoms with Crippen LogP contribution in [0.1, 0.15) is 13.8 Å². The third-order valence-corrected chi connectivity index (χ3v) is 2.54.